The zero-order valence-corrected chi connectivity index (χ0v) is 14.4. The van der Waals surface area contributed by atoms with E-state index in [0.717, 1.165) is 15.8 Å². The molecule has 128 valence electrons. The summed E-state index contributed by atoms with van der Waals surface area (Å²) in [7, 11) is 0. The molecule has 0 fully saturated rings. The Morgan fingerprint density at radius 2 is 2.00 bits per heavy atom. The summed E-state index contributed by atoms with van der Waals surface area (Å²) in [4.78, 5) is 29.1. The van der Waals surface area contributed by atoms with Gasteiger partial charge in [-0.05, 0) is 29.8 Å². The number of rotatable bonds is 5. The van der Waals surface area contributed by atoms with Gasteiger partial charge in [0.2, 0.25) is 0 Å². The number of nitrogens with one attached hydrogen (secondary N) is 2. The monoisotopic (exact) mass is 362 g/mol. The molecule has 1 amide bonds. The van der Waals surface area contributed by atoms with Gasteiger partial charge in [-0.2, -0.15) is 0 Å². The third-order valence-corrected chi connectivity index (χ3v) is 4.56. The average Bonchev–Trinajstić information content (AvgIpc) is 3.09. The van der Waals surface area contributed by atoms with E-state index < -0.39 is 0 Å². The summed E-state index contributed by atoms with van der Waals surface area (Å²) in [5, 5.41) is 6.72. The summed E-state index contributed by atoms with van der Waals surface area (Å²) in [5.74, 6) is 0.494. The number of fused-ring (bicyclic) bond motifs is 1. The predicted molar refractivity (Wildman–Crippen MR) is 100 cm³/mol. The van der Waals surface area contributed by atoms with Crippen molar-refractivity contribution in [2.24, 2.45) is 0 Å². The van der Waals surface area contributed by atoms with Crippen molar-refractivity contribution in [3.8, 4) is 0 Å². The Morgan fingerprint density at radius 3 is 2.81 bits per heavy atom. The molecular formula is C18H14N6OS. The van der Waals surface area contributed by atoms with Crippen LogP contribution in [0.25, 0.3) is 10.2 Å². The van der Waals surface area contributed by atoms with Gasteiger partial charge in [0.1, 0.15) is 0 Å². The number of pyridine rings is 1. The number of hydrogen-bond donors (Lipinski definition) is 2. The van der Waals surface area contributed by atoms with Gasteiger partial charge >= 0.3 is 0 Å². The van der Waals surface area contributed by atoms with Crippen LogP contribution in [-0.2, 0) is 6.54 Å². The first-order chi connectivity index (χ1) is 12.8. The first-order valence-corrected chi connectivity index (χ1v) is 8.70. The van der Waals surface area contributed by atoms with Gasteiger partial charge in [0.05, 0.1) is 16.4 Å². The van der Waals surface area contributed by atoms with Crippen molar-refractivity contribution >= 4 is 38.4 Å². The summed E-state index contributed by atoms with van der Waals surface area (Å²) in [6, 6.07) is 9.22. The van der Waals surface area contributed by atoms with E-state index in [1.807, 2.05) is 24.3 Å². The van der Waals surface area contributed by atoms with Crippen molar-refractivity contribution in [1.29, 1.82) is 0 Å². The van der Waals surface area contributed by atoms with Crippen LogP contribution in [-0.4, -0.2) is 25.8 Å². The normalized spacial score (nSPS) is 10.6. The first-order valence-electron chi connectivity index (χ1n) is 7.89. The van der Waals surface area contributed by atoms with Crippen LogP contribution < -0.4 is 10.6 Å². The highest BCUT2D eigenvalue weighted by Crippen LogP contribution is 2.28. The molecule has 0 saturated heterocycles. The van der Waals surface area contributed by atoms with Crippen LogP contribution in [0, 0.1) is 0 Å². The molecule has 0 atom stereocenters. The zero-order chi connectivity index (χ0) is 17.8. The second-order valence-electron chi connectivity index (χ2n) is 5.46. The number of aromatic nitrogens is 4. The molecule has 0 spiro atoms. The molecule has 8 heteroatoms. The number of benzene rings is 1. The van der Waals surface area contributed by atoms with Gasteiger partial charge in [-0.1, -0.05) is 17.4 Å². The molecule has 7 nitrogen and oxygen atoms in total. The van der Waals surface area contributed by atoms with E-state index in [2.05, 4.69) is 30.6 Å². The molecule has 1 aromatic carbocycles. The fourth-order valence-electron chi connectivity index (χ4n) is 2.38. The van der Waals surface area contributed by atoms with E-state index in [4.69, 9.17) is 0 Å². The summed E-state index contributed by atoms with van der Waals surface area (Å²) in [6.45, 7) is 0.437. The molecule has 0 radical (unpaired) electrons. The van der Waals surface area contributed by atoms with Crippen molar-refractivity contribution in [3.63, 3.8) is 0 Å². The van der Waals surface area contributed by atoms with Crippen molar-refractivity contribution < 1.29 is 4.79 Å². The van der Waals surface area contributed by atoms with Crippen LogP contribution in [0.2, 0.25) is 0 Å². The Kier molecular flexibility index (Phi) is 4.48. The first kappa shape index (κ1) is 16.1. The second-order valence-corrected chi connectivity index (χ2v) is 6.49. The van der Waals surface area contributed by atoms with Crippen molar-refractivity contribution in [3.05, 3.63) is 72.4 Å². The summed E-state index contributed by atoms with van der Waals surface area (Å²) in [5.41, 5.74) is 2.37. The van der Waals surface area contributed by atoms with Crippen LogP contribution >= 0.6 is 11.3 Å². The van der Waals surface area contributed by atoms with E-state index in [-0.39, 0.29) is 5.91 Å². The Morgan fingerprint density at radius 1 is 1.08 bits per heavy atom. The molecular weight excluding hydrogens is 348 g/mol. The maximum absolute atomic E-state index is 12.4. The third kappa shape index (κ3) is 3.65. The molecule has 2 N–H and O–H groups in total. The van der Waals surface area contributed by atoms with Gasteiger partial charge in [-0.3, -0.25) is 14.8 Å². The quantitative estimate of drug-likeness (QED) is 0.566. The number of hydrogen-bond acceptors (Lipinski definition) is 7. The summed E-state index contributed by atoms with van der Waals surface area (Å²) in [6.07, 6.45) is 8.29. The molecule has 26 heavy (non-hydrogen) atoms. The van der Waals surface area contributed by atoms with Gasteiger partial charge in [-0.25, -0.2) is 9.97 Å². The maximum Gasteiger partial charge on any atom is 0.251 e. The SMILES string of the molecule is O=C(NCc1cccnc1)c1ccc2nc(Nc3cnccn3)sc2c1. The lowest BCUT2D eigenvalue weighted by molar-refractivity contribution is 0.0951. The molecule has 4 aromatic rings. The van der Waals surface area contributed by atoms with Gasteiger partial charge < -0.3 is 10.6 Å². The summed E-state index contributed by atoms with van der Waals surface area (Å²) < 4.78 is 0.922. The highest BCUT2D eigenvalue weighted by atomic mass is 32.1. The highest BCUT2D eigenvalue weighted by molar-refractivity contribution is 7.22. The minimum atomic E-state index is -0.132. The molecule has 3 aromatic heterocycles. The molecule has 0 aliphatic carbocycles. The van der Waals surface area contributed by atoms with E-state index in [1.165, 1.54) is 11.3 Å². The number of carbonyl (C=O) groups excluding carboxylic acids is 1. The van der Waals surface area contributed by atoms with E-state index in [1.54, 1.807) is 37.1 Å². The Labute approximate surface area is 153 Å². The minimum absolute atomic E-state index is 0.132. The molecule has 0 aliphatic heterocycles. The lowest BCUT2D eigenvalue weighted by Gasteiger charge is -2.04. The number of carbonyl (C=O) groups is 1. The second kappa shape index (κ2) is 7.24. The number of anilines is 2. The number of amides is 1. The predicted octanol–water partition coefficient (Wildman–Crippen LogP) is 3.15. The Balaban J connectivity index is 1.49. The van der Waals surface area contributed by atoms with E-state index in [9.17, 15) is 4.79 Å². The fourth-order valence-corrected chi connectivity index (χ4v) is 3.29. The van der Waals surface area contributed by atoms with Gasteiger partial charge in [0, 0.05) is 36.9 Å². The van der Waals surface area contributed by atoms with Crippen LogP contribution in [0.15, 0.2) is 61.3 Å². The maximum atomic E-state index is 12.4. The van der Waals surface area contributed by atoms with Crippen LogP contribution in [0.3, 0.4) is 0 Å². The van der Waals surface area contributed by atoms with Crippen molar-refractivity contribution in [2.45, 2.75) is 6.54 Å². The van der Waals surface area contributed by atoms with Crippen LogP contribution in [0.4, 0.5) is 10.9 Å². The smallest absolute Gasteiger partial charge is 0.251 e. The number of nitrogens with zero attached hydrogens (tertiary/aromatic N) is 4. The Bertz CT molecular complexity index is 1040. The molecule has 0 unspecified atom stereocenters. The van der Waals surface area contributed by atoms with Crippen LogP contribution in [0.5, 0.6) is 0 Å². The molecule has 4 rings (SSSR count). The average molecular weight is 362 g/mol. The van der Waals surface area contributed by atoms with Crippen molar-refractivity contribution in [1.82, 2.24) is 25.3 Å². The fraction of sp³-hybridized carbons (Fsp3) is 0.0556. The highest BCUT2D eigenvalue weighted by Gasteiger charge is 2.10. The Hall–Kier alpha value is -3.39. The number of thiazole rings is 1. The van der Waals surface area contributed by atoms with Gasteiger partial charge in [0.25, 0.3) is 5.91 Å². The third-order valence-electron chi connectivity index (χ3n) is 3.62. The van der Waals surface area contributed by atoms with Crippen molar-refractivity contribution in [2.75, 3.05) is 5.32 Å². The standard InChI is InChI=1S/C18H14N6OS/c25-17(22-10-12-2-1-5-19-9-12)13-3-4-14-15(8-13)26-18(23-14)24-16-11-20-6-7-21-16/h1-9,11H,10H2,(H,22,25)(H,21,23,24). The molecule has 0 aliphatic rings. The lowest BCUT2D eigenvalue weighted by atomic mass is 10.2. The lowest BCUT2D eigenvalue weighted by Crippen LogP contribution is -2.22. The van der Waals surface area contributed by atoms with Gasteiger partial charge in [0.15, 0.2) is 10.9 Å². The molecule has 0 saturated carbocycles. The van der Waals surface area contributed by atoms with E-state index >= 15 is 0 Å². The molecule has 3 heterocycles. The van der Waals surface area contributed by atoms with Gasteiger partial charge in [-0.15, -0.1) is 0 Å². The largest absolute Gasteiger partial charge is 0.348 e. The van der Waals surface area contributed by atoms with E-state index in [0.29, 0.717) is 23.1 Å². The minimum Gasteiger partial charge on any atom is -0.348 e. The van der Waals surface area contributed by atoms with Crippen LogP contribution in [0.1, 0.15) is 15.9 Å². The zero-order valence-electron chi connectivity index (χ0n) is 13.6. The summed E-state index contributed by atoms with van der Waals surface area (Å²) >= 11 is 1.46. The topological polar surface area (TPSA) is 92.7 Å². The molecule has 0 bridgehead atoms.